The van der Waals surface area contributed by atoms with Crippen molar-refractivity contribution in [2.75, 3.05) is 0 Å². The first-order valence-electron chi connectivity index (χ1n) is 3.75. The first-order chi connectivity index (χ1) is 5.15. The summed E-state index contributed by atoms with van der Waals surface area (Å²) in [6.45, 7) is 8.36. The second kappa shape index (κ2) is 7.59. The van der Waals surface area contributed by atoms with Crippen molar-refractivity contribution in [2.24, 2.45) is 0 Å². The van der Waals surface area contributed by atoms with Crippen LogP contribution in [-0.4, -0.2) is 46.4 Å². The number of thiocarbonyl (C=S) groups is 1. The van der Waals surface area contributed by atoms with Crippen molar-refractivity contribution in [2.45, 2.75) is 36.6 Å². The van der Waals surface area contributed by atoms with E-state index in [1.165, 1.54) is 0 Å². The molecule has 0 aromatic carbocycles. The fourth-order valence-electron chi connectivity index (χ4n) is 0.707. The molecule has 0 heterocycles. The van der Waals surface area contributed by atoms with Gasteiger partial charge >= 0.3 is 69.3 Å². The van der Waals surface area contributed by atoms with E-state index in [1.807, 2.05) is 0 Å². The molecule has 0 aromatic rings. The maximum Gasteiger partial charge on any atom is 0.214 e. The van der Waals surface area contributed by atoms with Gasteiger partial charge in [0.1, 0.15) is 0 Å². The maximum atomic E-state index is 7.65. The molecule has 0 radical (unpaired) electrons. The molecule has 0 bridgehead atoms. The Bertz CT molecular complexity index is 128. The van der Waals surface area contributed by atoms with E-state index in [9.17, 15) is 0 Å². The van der Waals surface area contributed by atoms with E-state index >= 15 is 0 Å². The molecule has 12 heavy (non-hydrogen) atoms. The average Bonchev–Trinajstić information content (AvgIpc) is 1.52. The van der Waals surface area contributed by atoms with Gasteiger partial charge in [-0.25, -0.2) is 0 Å². The topological polar surface area (TPSA) is 29.5 Å². The summed E-state index contributed by atoms with van der Waals surface area (Å²) in [5.74, 6) is 0. The summed E-state index contributed by atoms with van der Waals surface area (Å²) < 4.78 is 5.68. The monoisotopic (exact) mass is 218 g/mol. The van der Waals surface area contributed by atoms with E-state index < -0.39 is 0 Å². The predicted molar refractivity (Wildman–Crippen MR) is 60.3 cm³/mol. The quantitative estimate of drug-likeness (QED) is 0.401. The largest absolute Gasteiger partial charge is 0.494 e. The van der Waals surface area contributed by atoms with Gasteiger partial charge in [-0.1, -0.05) is 12.6 Å². The molecule has 0 aliphatic heterocycles. The molecule has 0 aliphatic carbocycles. The van der Waals surface area contributed by atoms with Gasteiger partial charge in [0.15, 0.2) is 0 Å². The molecule has 0 aromatic heterocycles. The number of hydrogen-bond acceptors (Lipinski definition) is 2. The van der Waals surface area contributed by atoms with Crippen LogP contribution in [0, 0.1) is 0 Å². The second-order valence-electron chi connectivity index (χ2n) is 3.56. The molecular formula is C7H15NaO2S2. The van der Waals surface area contributed by atoms with Crippen molar-refractivity contribution in [3.8, 4) is 0 Å². The van der Waals surface area contributed by atoms with Crippen molar-refractivity contribution in [1.29, 1.82) is 0 Å². The van der Waals surface area contributed by atoms with Crippen LogP contribution in [0.15, 0.2) is 0 Å². The van der Waals surface area contributed by atoms with Crippen molar-refractivity contribution in [1.82, 2.24) is 0 Å². The van der Waals surface area contributed by atoms with E-state index in [2.05, 4.69) is 52.5 Å². The summed E-state index contributed by atoms with van der Waals surface area (Å²) in [5, 5.41) is 7.65. The van der Waals surface area contributed by atoms with E-state index in [0.717, 1.165) is 27.9 Å². The van der Waals surface area contributed by atoms with Crippen LogP contribution < -0.4 is 0 Å². The molecule has 1 N–H and O–H groups in total. The minimum absolute atomic E-state index is 0.0567. The van der Waals surface area contributed by atoms with Crippen molar-refractivity contribution >= 4 is 57.2 Å². The van der Waals surface area contributed by atoms with Crippen LogP contribution in [0.3, 0.4) is 0 Å². The first kappa shape index (κ1) is 15.7. The minimum atomic E-state index is -0.306. The van der Waals surface area contributed by atoms with Gasteiger partial charge in [0.05, 0.1) is 0 Å². The molecule has 5 heteroatoms. The van der Waals surface area contributed by atoms with Crippen molar-refractivity contribution < 1.29 is 9.84 Å². The number of thiol groups is 1. The van der Waals surface area contributed by atoms with Gasteiger partial charge < -0.3 is 5.11 Å². The predicted octanol–water partition coefficient (Wildman–Crippen LogP) is 2.08. The molecule has 0 amide bonds. The van der Waals surface area contributed by atoms with Gasteiger partial charge in [0.25, 0.3) is 0 Å². The summed E-state index contributed by atoms with van der Waals surface area (Å²) in [6.07, 6.45) is 0. The zero-order valence-corrected chi connectivity index (χ0v) is 12.0. The molecule has 2 nitrogen and oxygen atoms in total. The zero-order valence-electron chi connectivity index (χ0n) is 8.29. The summed E-state index contributed by atoms with van der Waals surface area (Å²) in [7, 11) is 0. The summed E-state index contributed by atoms with van der Waals surface area (Å²) in [4.78, 5) is 0. The fourth-order valence-corrected chi connectivity index (χ4v) is 1.41. The zero-order chi connectivity index (χ0) is 10.4. The Morgan fingerprint density at radius 1 is 1.58 bits per heavy atom. The first-order valence-corrected chi connectivity index (χ1v) is 5.76. The Labute approximate surface area is 103 Å². The Hall–Kier alpha value is 1.20. The third-order valence-corrected chi connectivity index (χ3v) is 0.825. The standard InChI is InChI=1S/C6H13O.CH2OS2.Na/c1-5-7-6(2,3)4;2-1(3)4;/h5H,1-4H3;(H2,2,3,4);. The number of ether oxygens (including phenoxy) is 1. The summed E-state index contributed by atoms with van der Waals surface area (Å²) in [5.41, 5.74) is 0.0567. The average molecular weight is 218 g/mol. The van der Waals surface area contributed by atoms with Crippen LogP contribution >= 0.6 is 24.8 Å². The second-order valence-corrected chi connectivity index (χ2v) is 6.30. The van der Waals surface area contributed by atoms with Crippen LogP contribution in [-0.2, 0) is 4.74 Å². The molecule has 1 atom stereocenters. The number of rotatable bonds is 1. The van der Waals surface area contributed by atoms with E-state index in [4.69, 9.17) is 9.84 Å². The normalized spacial score (nSPS) is 12.9. The van der Waals surface area contributed by atoms with Gasteiger partial charge in [0, 0.05) is 0 Å². The molecule has 0 saturated carbocycles. The van der Waals surface area contributed by atoms with Crippen LogP contribution in [0.25, 0.3) is 0 Å². The van der Waals surface area contributed by atoms with Crippen molar-refractivity contribution in [3.63, 3.8) is 0 Å². The van der Waals surface area contributed by atoms with Crippen molar-refractivity contribution in [3.05, 3.63) is 0 Å². The van der Waals surface area contributed by atoms with Gasteiger partial charge in [-0.3, -0.25) is 0 Å². The molecule has 68 valence electrons. The van der Waals surface area contributed by atoms with Gasteiger partial charge in [-0.05, 0) is 12.2 Å². The third-order valence-electron chi connectivity index (χ3n) is 0.589. The number of aliphatic hydroxyl groups excluding tert-OH is 1. The van der Waals surface area contributed by atoms with Crippen LogP contribution in [0.2, 0.25) is 0 Å². The smallest absolute Gasteiger partial charge is 0.214 e. The Balaban J connectivity index is 0. The third kappa shape index (κ3) is 30.3. The molecule has 1 unspecified atom stereocenters. The van der Waals surface area contributed by atoms with E-state index in [0.29, 0.717) is 3.35 Å². The fraction of sp³-hybridized carbons (Fsp3) is 0.857. The van der Waals surface area contributed by atoms with Crippen LogP contribution in [0.1, 0.15) is 27.7 Å². The molecular weight excluding hydrogens is 203 g/mol. The molecule has 0 rings (SSSR count). The molecule has 0 fully saturated rings. The summed E-state index contributed by atoms with van der Waals surface area (Å²) in [6, 6.07) is 0. The Morgan fingerprint density at radius 3 is 1.83 bits per heavy atom. The van der Waals surface area contributed by atoms with Crippen LogP contribution in [0.4, 0.5) is 0 Å². The molecule has 0 saturated heterocycles. The number of hydrogen-bond donors (Lipinski definition) is 2. The Morgan fingerprint density at radius 2 is 1.83 bits per heavy atom. The molecule has 0 spiro atoms. The molecule has 0 aliphatic rings. The van der Waals surface area contributed by atoms with E-state index in [1.54, 1.807) is 0 Å². The number of aliphatic hydroxyl groups is 1. The maximum absolute atomic E-state index is 7.65. The van der Waals surface area contributed by atoms with Gasteiger partial charge in [-0.15, -0.1) is 0 Å². The minimum Gasteiger partial charge on any atom is -0.494 e. The van der Waals surface area contributed by atoms with Gasteiger partial charge in [0.2, 0.25) is 4.38 Å². The van der Waals surface area contributed by atoms with E-state index in [-0.39, 0.29) is 9.98 Å². The Kier molecular flexibility index (Phi) is 9.91. The van der Waals surface area contributed by atoms with Gasteiger partial charge in [-0.2, -0.15) is 0 Å². The summed E-state index contributed by atoms with van der Waals surface area (Å²) >= 11 is 8.34. The van der Waals surface area contributed by atoms with Crippen LogP contribution in [0.5, 0.6) is 0 Å². The SMILES string of the molecule is C[CH]([Na])OC(C)(C)C.OC(=S)S.